The minimum atomic E-state index is 0.342. The lowest BCUT2D eigenvalue weighted by atomic mass is 10.0. The Kier molecular flexibility index (Phi) is 3.42. The highest BCUT2D eigenvalue weighted by Crippen LogP contribution is 2.29. The van der Waals surface area contributed by atoms with E-state index in [4.69, 9.17) is 0 Å². The Balaban J connectivity index is 1.90. The second kappa shape index (κ2) is 4.62. The van der Waals surface area contributed by atoms with Crippen LogP contribution in [0.1, 0.15) is 38.3 Å². The molecule has 1 aromatic rings. The van der Waals surface area contributed by atoms with Crippen LogP contribution in [0.15, 0.2) is 22.8 Å². The molecule has 0 aromatic carbocycles. The van der Waals surface area contributed by atoms with Crippen LogP contribution in [0.25, 0.3) is 0 Å². The number of nitrogens with zero attached hydrogens (tertiary/aromatic N) is 1. The summed E-state index contributed by atoms with van der Waals surface area (Å²) in [5.41, 5.74) is 1.46. The minimum Gasteiger partial charge on any atom is -0.306 e. The van der Waals surface area contributed by atoms with Crippen LogP contribution >= 0.6 is 15.9 Å². The number of halogens is 1. The van der Waals surface area contributed by atoms with Gasteiger partial charge in [0.15, 0.2) is 0 Å². The monoisotopic (exact) mass is 268 g/mol. The van der Waals surface area contributed by atoms with Crippen LogP contribution in [0.5, 0.6) is 0 Å². The molecular formula is C12H17BrN2. The number of aromatic nitrogens is 1. The van der Waals surface area contributed by atoms with Crippen molar-refractivity contribution >= 4 is 15.9 Å². The van der Waals surface area contributed by atoms with Gasteiger partial charge in [0.25, 0.3) is 0 Å². The smallest absolute Gasteiger partial charge is 0.0542 e. The van der Waals surface area contributed by atoms with E-state index in [-0.39, 0.29) is 0 Å². The van der Waals surface area contributed by atoms with Crippen molar-refractivity contribution in [2.24, 2.45) is 0 Å². The highest BCUT2D eigenvalue weighted by Gasteiger charge is 2.27. The lowest BCUT2D eigenvalue weighted by Gasteiger charge is -2.25. The molecule has 15 heavy (non-hydrogen) atoms. The zero-order chi connectivity index (χ0) is 10.7. The van der Waals surface area contributed by atoms with Gasteiger partial charge >= 0.3 is 0 Å². The Morgan fingerprint density at radius 2 is 2.13 bits per heavy atom. The van der Waals surface area contributed by atoms with Crippen molar-refractivity contribution in [3.63, 3.8) is 0 Å². The van der Waals surface area contributed by atoms with Gasteiger partial charge in [0, 0.05) is 22.8 Å². The van der Waals surface area contributed by atoms with Crippen molar-refractivity contribution in [3.8, 4) is 0 Å². The first kappa shape index (κ1) is 11.1. The SMILES string of the molecule is CC1(NCc2ccc(Br)cn2)CCCC1. The molecule has 0 unspecified atom stereocenters. The summed E-state index contributed by atoms with van der Waals surface area (Å²) in [6.45, 7) is 3.20. The molecular weight excluding hydrogens is 252 g/mol. The molecule has 0 amide bonds. The van der Waals surface area contributed by atoms with Crippen LogP contribution < -0.4 is 5.32 Å². The van der Waals surface area contributed by atoms with Gasteiger partial charge in [-0.05, 0) is 47.8 Å². The molecule has 0 bridgehead atoms. The molecule has 1 aromatic heterocycles. The van der Waals surface area contributed by atoms with Gasteiger partial charge in [0.1, 0.15) is 0 Å². The van der Waals surface area contributed by atoms with Crippen LogP contribution in [0.3, 0.4) is 0 Å². The summed E-state index contributed by atoms with van der Waals surface area (Å²) in [6, 6.07) is 4.11. The number of hydrogen-bond donors (Lipinski definition) is 1. The van der Waals surface area contributed by atoms with E-state index < -0.39 is 0 Å². The van der Waals surface area contributed by atoms with E-state index in [0.717, 1.165) is 16.7 Å². The zero-order valence-corrected chi connectivity index (χ0v) is 10.7. The van der Waals surface area contributed by atoms with Crippen LogP contribution in [0, 0.1) is 0 Å². The molecule has 82 valence electrons. The predicted octanol–water partition coefficient (Wildman–Crippen LogP) is 3.27. The summed E-state index contributed by atoms with van der Waals surface area (Å²) in [4.78, 5) is 4.36. The van der Waals surface area contributed by atoms with E-state index >= 15 is 0 Å². The van der Waals surface area contributed by atoms with Crippen LogP contribution in [-0.2, 0) is 6.54 Å². The number of hydrogen-bond acceptors (Lipinski definition) is 2. The Morgan fingerprint density at radius 3 is 2.73 bits per heavy atom. The number of nitrogens with one attached hydrogen (secondary N) is 1. The van der Waals surface area contributed by atoms with Gasteiger partial charge in [0.2, 0.25) is 0 Å². The fourth-order valence-corrected chi connectivity index (χ4v) is 2.38. The van der Waals surface area contributed by atoms with Gasteiger partial charge in [-0.2, -0.15) is 0 Å². The summed E-state index contributed by atoms with van der Waals surface area (Å²) < 4.78 is 1.04. The van der Waals surface area contributed by atoms with E-state index in [1.807, 2.05) is 12.3 Å². The van der Waals surface area contributed by atoms with Crippen molar-refractivity contribution in [2.75, 3.05) is 0 Å². The first-order valence-corrected chi connectivity index (χ1v) is 6.33. The second-order valence-corrected chi connectivity index (χ2v) is 5.50. The maximum absolute atomic E-state index is 4.36. The summed E-state index contributed by atoms with van der Waals surface area (Å²) in [5.74, 6) is 0. The third kappa shape index (κ3) is 3.02. The molecule has 1 saturated carbocycles. The van der Waals surface area contributed by atoms with Gasteiger partial charge in [-0.1, -0.05) is 12.8 Å². The molecule has 1 heterocycles. The Morgan fingerprint density at radius 1 is 1.40 bits per heavy atom. The molecule has 0 saturated heterocycles. The van der Waals surface area contributed by atoms with Crippen molar-refractivity contribution in [1.82, 2.24) is 10.3 Å². The Hall–Kier alpha value is -0.410. The molecule has 1 N–H and O–H groups in total. The second-order valence-electron chi connectivity index (χ2n) is 4.59. The van der Waals surface area contributed by atoms with E-state index in [2.05, 4.69) is 39.2 Å². The quantitative estimate of drug-likeness (QED) is 0.911. The summed E-state index contributed by atoms with van der Waals surface area (Å²) in [6.07, 6.45) is 7.16. The Labute approximate surface area is 99.6 Å². The average molecular weight is 269 g/mol. The Bertz CT molecular complexity index is 315. The number of pyridine rings is 1. The van der Waals surface area contributed by atoms with Crippen molar-refractivity contribution < 1.29 is 0 Å². The zero-order valence-electron chi connectivity index (χ0n) is 9.09. The summed E-state index contributed by atoms with van der Waals surface area (Å²) in [7, 11) is 0. The normalized spacial score (nSPS) is 19.3. The standard InChI is InChI=1S/C12H17BrN2/c1-12(6-2-3-7-12)15-9-11-5-4-10(13)8-14-11/h4-5,8,15H,2-3,6-7,9H2,1H3. The molecule has 2 nitrogen and oxygen atoms in total. The lowest BCUT2D eigenvalue weighted by molar-refractivity contribution is 0.360. The fraction of sp³-hybridized carbons (Fsp3) is 0.583. The minimum absolute atomic E-state index is 0.342. The molecule has 1 aliphatic rings. The van der Waals surface area contributed by atoms with Crippen molar-refractivity contribution in [2.45, 2.75) is 44.7 Å². The molecule has 1 aliphatic carbocycles. The van der Waals surface area contributed by atoms with Crippen LogP contribution in [0.2, 0.25) is 0 Å². The van der Waals surface area contributed by atoms with Gasteiger partial charge < -0.3 is 5.32 Å². The molecule has 0 spiro atoms. The van der Waals surface area contributed by atoms with E-state index in [9.17, 15) is 0 Å². The summed E-state index contributed by atoms with van der Waals surface area (Å²) in [5, 5.41) is 3.62. The topological polar surface area (TPSA) is 24.9 Å². The predicted molar refractivity (Wildman–Crippen MR) is 65.6 cm³/mol. The van der Waals surface area contributed by atoms with Gasteiger partial charge in [0.05, 0.1) is 5.69 Å². The summed E-state index contributed by atoms with van der Waals surface area (Å²) >= 11 is 3.39. The fourth-order valence-electron chi connectivity index (χ4n) is 2.15. The first-order valence-electron chi connectivity index (χ1n) is 5.53. The molecule has 0 radical (unpaired) electrons. The molecule has 3 heteroatoms. The molecule has 0 aliphatic heterocycles. The highest BCUT2D eigenvalue weighted by atomic mass is 79.9. The van der Waals surface area contributed by atoms with Crippen molar-refractivity contribution in [1.29, 1.82) is 0 Å². The van der Waals surface area contributed by atoms with E-state index in [1.165, 1.54) is 25.7 Å². The van der Waals surface area contributed by atoms with Crippen LogP contribution in [0.4, 0.5) is 0 Å². The van der Waals surface area contributed by atoms with E-state index in [0.29, 0.717) is 5.54 Å². The van der Waals surface area contributed by atoms with Crippen LogP contribution in [-0.4, -0.2) is 10.5 Å². The number of rotatable bonds is 3. The maximum Gasteiger partial charge on any atom is 0.0542 e. The first-order chi connectivity index (χ1) is 7.18. The lowest BCUT2D eigenvalue weighted by Crippen LogP contribution is -2.38. The average Bonchev–Trinajstić information content (AvgIpc) is 2.65. The maximum atomic E-state index is 4.36. The van der Waals surface area contributed by atoms with E-state index in [1.54, 1.807) is 0 Å². The van der Waals surface area contributed by atoms with Gasteiger partial charge in [-0.15, -0.1) is 0 Å². The third-order valence-corrected chi connectivity index (χ3v) is 3.66. The third-order valence-electron chi connectivity index (χ3n) is 3.19. The van der Waals surface area contributed by atoms with Gasteiger partial charge in [-0.25, -0.2) is 0 Å². The van der Waals surface area contributed by atoms with Crippen molar-refractivity contribution in [3.05, 3.63) is 28.5 Å². The molecule has 0 atom stereocenters. The molecule has 1 fully saturated rings. The largest absolute Gasteiger partial charge is 0.306 e. The molecule has 2 rings (SSSR count). The highest BCUT2D eigenvalue weighted by molar-refractivity contribution is 9.10. The van der Waals surface area contributed by atoms with Gasteiger partial charge in [-0.3, -0.25) is 4.98 Å².